The van der Waals surface area contributed by atoms with Crippen molar-refractivity contribution in [2.75, 3.05) is 7.11 Å². The van der Waals surface area contributed by atoms with Gasteiger partial charge in [0.25, 0.3) is 0 Å². The van der Waals surface area contributed by atoms with Crippen LogP contribution in [-0.2, 0) is 20.5 Å². The molecule has 0 aliphatic heterocycles. The van der Waals surface area contributed by atoms with Crippen LogP contribution in [0.3, 0.4) is 0 Å². The van der Waals surface area contributed by atoms with Crippen LogP contribution in [0, 0.1) is 6.92 Å². The Morgan fingerprint density at radius 1 is 1.60 bits per heavy atom. The summed E-state index contributed by atoms with van der Waals surface area (Å²) in [5.41, 5.74) is 0.140. The third-order valence-corrected chi connectivity index (χ3v) is 3.37. The van der Waals surface area contributed by atoms with Crippen LogP contribution in [-0.4, -0.2) is 26.5 Å². The van der Waals surface area contributed by atoms with Crippen LogP contribution in [0.2, 0.25) is 0 Å². The van der Waals surface area contributed by atoms with Gasteiger partial charge in [-0.1, -0.05) is 0 Å². The summed E-state index contributed by atoms with van der Waals surface area (Å²) >= 11 is 1.11. The molecule has 0 aromatic carbocycles. The van der Waals surface area contributed by atoms with Crippen molar-refractivity contribution in [2.24, 2.45) is 5.14 Å². The first-order valence-electron chi connectivity index (χ1n) is 3.88. The fourth-order valence-electron chi connectivity index (χ4n) is 0.971. The number of aromatic nitrogens is 1. The van der Waals surface area contributed by atoms with Crippen LogP contribution < -0.4 is 5.14 Å². The van der Waals surface area contributed by atoms with Crippen LogP contribution >= 0.6 is 11.3 Å². The topological polar surface area (TPSA) is 99.3 Å². The largest absolute Gasteiger partial charge is 0.464 e. The minimum Gasteiger partial charge on any atom is -0.464 e. The van der Waals surface area contributed by atoms with Gasteiger partial charge >= 0.3 is 5.97 Å². The fraction of sp³-hybridized carbons (Fsp3) is 0.429. The van der Waals surface area contributed by atoms with Crippen LogP contribution in [0.15, 0.2) is 0 Å². The van der Waals surface area contributed by atoms with Gasteiger partial charge in [-0.15, -0.1) is 11.3 Å². The monoisotopic (exact) mass is 250 g/mol. The quantitative estimate of drug-likeness (QED) is 0.763. The standard InChI is InChI=1S/C7H10N2O4S2/c1-4-6(7(10)13-2)9-5(14-4)3-15(8,11)12/h3H2,1-2H3,(H2,8,11,12). The zero-order valence-electron chi connectivity index (χ0n) is 8.18. The zero-order chi connectivity index (χ0) is 11.6. The highest BCUT2D eigenvalue weighted by atomic mass is 32.2. The molecular formula is C7H10N2O4S2. The molecule has 1 aromatic heterocycles. The number of ether oxygens (including phenoxy) is 1. The molecule has 84 valence electrons. The first-order chi connectivity index (χ1) is 6.83. The van der Waals surface area contributed by atoms with Gasteiger partial charge in [-0.25, -0.2) is 23.3 Å². The number of nitrogens with zero attached hydrogens (tertiary/aromatic N) is 1. The van der Waals surface area contributed by atoms with E-state index in [1.165, 1.54) is 7.11 Å². The van der Waals surface area contributed by atoms with E-state index in [1.807, 2.05) is 0 Å². The van der Waals surface area contributed by atoms with Crippen LogP contribution in [0.4, 0.5) is 0 Å². The normalized spacial score (nSPS) is 11.4. The molecule has 0 atom stereocenters. The smallest absolute Gasteiger partial charge is 0.357 e. The molecule has 0 radical (unpaired) electrons. The maximum atomic E-state index is 11.2. The second kappa shape index (κ2) is 4.25. The number of nitrogens with two attached hydrogens (primary N) is 1. The second-order valence-corrected chi connectivity index (χ2v) is 5.71. The van der Waals surface area contributed by atoms with E-state index in [9.17, 15) is 13.2 Å². The Labute approximate surface area is 91.1 Å². The molecule has 15 heavy (non-hydrogen) atoms. The Kier molecular flexibility index (Phi) is 3.42. The van der Waals surface area contributed by atoms with Crippen LogP contribution in [0.25, 0.3) is 0 Å². The van der Waals surface area contributed by atoms with E-state index in [-0.39, 0.29) is 16.5 Å². The summed E-state index contributed by atoms with van der Waals surface area (Å²) in [6.07, 6.45) is 0. The Morgan fingerprint density at radius 3 is 2.67 bits per heavy atom. The molecule has 0 saturated heterocycles. The molecule has 0 saturated carbocycles. The SMILES string of the molecule is COC(=O)c1nc(CS(N)(=O)=O)sc1C. The third-order valence-electron chi connectivity index (χ3n) is 1.54. The van der Waals surface area contributed by atoms with Crippen molar-refractivity contribution in [3.8, 4) is 0 Å². The Bertz CT molecular complexity index is 477. The van der Waals surface area contributed by atoms with Crippen molar-refractivity contribution < 1.29 is 17.9 Å². The lowest BCUT2D eigenvalue weighted by atomic mass is 10.4. The highest BCUT2D eigenvalue weighted by Gasteiger charge is 2.17. The summed E-state index contributed by atoms with van der Waals surface area (Å²) in [5, 5.41) is 5.15. The van der Waals surface area contributed by atoms with Crippen LogP contribution in [0.1, 0.15) is 20.4 Å². The van der Waals surface area contributed by atoms with Crippen molar-refractivity contribution >= 4 is 27.3 Å². The lowest BCUT2D eigenvalue weighted by Crippen LogP contribution is -2.14. The second-order valence-electron chi connectivity index (χ2n) is 2.81. The molecule has 1 heterocycles. The molecule has 0 bridgehead atoms. The van der Waals surface area contributed by atoms with Crippen LogP contribution in [0.5, 0.6) is 0 Å². The minimum absolute atomic E-state index is 0.140. The summed E-state index contributed by atoms with van der Waals surface area (Å²) in [5.74, 6) is -0.945. The van der Waals surface area contributed by atoms with Gasteiger partial charge in [0.15, 0.2) is 5.69 Å². The molecule has 0 aliphatic carbocycles. The zero-order valence-corrected chi connectivity index (χ0v) is 9.81. The van der Waals surface area contributed by atoms with E-state index >= 15 is 0 Å². The molecule has 6 nitrogen and oxygen atoms in total. The number of carbonyl (C=O) groups is 1. The van der Waals surface area contributed by atoms with Crippen molar-refractivity contribution in [2.45, 2.75) is 12.7 Å². The maximum Gasteiger partial charge on any atom is 0.357 e. The van der Waals surface area contributed by atoms with Gasteiger partial charge in [-0.3, -0.25) is 0 Å². The first kappa shape index (κ1) is 12.1. The van der Waals surface area contributed by atoms with E-state index in [0.717, 1.165) is 11.3 Å². The number of esters is 1. The number of methoxy groups -OCH3 is 1. The molecular weight excluding hydrogens is 240 g/mol. The lowest BCUT2D eigenvalue weighted by Gasteiger charge is -1.94. The van der Waals surface area contributed by atoms with E-state index in [0.29, 0.717) is 4.88 Å². The Morgan fingerprint density at radius 2 is 2.20 bits per heavy atom. The highest BCUT2D eigenvalue weighted by Crippen LogP contribution is 2.19. The third kappa shape index (κ3) is 3.26. The molecule has 0 amide bonds. The van der Waals surface area contributed by atoms with E-state index in [4.69, 9.17) is 5.14 Å². The number of sulfonamides is 1. The predicted molar refractivity (Wildman–Crippen MR) is 55.0 cm³/mol. The summed E-state index contributed by atoms with van der Waals surface area (Å²) in [6.45, 7) is 1.66. The van der Waals surface area contributed by atoms with E-state index in [2.05, 4.69) is 9.72 Å². The Balaban J connectivity index is 3.01. The fourth-order valence-corrected chi connectivity index (χ4v) is 2.82. The summed E-state index contributed by atoms with van der Waals surface area (Å²) in [7, 11) is -2.38. The summed E-state index contributed by atoms with van der Waals surface area (Å²) in [6, 6.07) is 0. The molecule has 8 heteroatoms. The molecule has 0 spiro atoms. The lowest BCUT2D eigenvalue weighted by molar-refractivity contribution is 0.0594. The number of hydrogen-bond acceptors (Lipinski definition) is 6. The molecule has 1 rings (SSSR count). The van der Waals surface area contributed by atoms with Gasteiger partial charge < -0.3 is 4.74 Å². The number of hydrogen-bond donors (Lipinski definition) is 1. The number of thiazole rings is 1. The molecule has 0 fully saturated rings. The minimum atomic E-state index is -3.62. The molecule has 0 aliphatic rings. The number of primary sulfonamides is 1. The predicted octanol–water partition coefficient (Wildman–Crippen LogP) is 0.0266. The van der Waals surface area contributed by atoms with Gasteiger partial charge in [-0.2, -0.15) is 0 Å². The highest BCUT2D eigenvalue weighted by molar-refractivity contribution is 7.88. The average Bonchev–Trinajstić information content (AvgIpc) is 2.42. The number of aryl methyl sites for hydroxylation is 1. The van der Waals surface area contributed by atoms with Crippen molar-refractivity contribution in [3.05, 3.63) is 15.6 Å². The summed E-state index contributed by atoms with van der Waals surface area (Å²) in [4.78, 5) is 15.6. The molecule has 0 unspecified atom stereocenters. The van der Waals surface area contributed by atoms with Gasteiger partial charge in [0.1, 0.15) is 10.8 Å². The van der Waals surface area contributed by atoms with Gasteiger partial charge in [-0.05, 0) is 6.92 Å². The van der Waals surface area contributed by atoms with E-state index in [1.54, 1.807) is 6.92 Å². The summed E-state index contributed by atoms with van der Waals surface area (Å²) < 4.78 is 26.1. The van der Waals surface area contributed by atoms with Gasteiger partial charge in [0, 0.05) is 4.88 Å². The molecule has 1 aromatic rings. The van der Waals surface area contributed by atoms with Crippen molar-refractivity contribution in [1.29, 1.82) is 0 Å². The van der Waals surface area contributed by atoms with Crippen molar-refractivity contribution in [1.82, 2.24) is 4.98 Å². The average molecular weight is 250 g/mol. The van der Waals surface area contributed by atoms with Crippen molar-refractivity contribution in [3.63, 3.8) is 0 Å². The Hall–Kier alpha value is -0.990. The number of rotatable bonds is 3. The number of carbonyl (C=O) groups excluding carboxylic acids is 1. The molecule has 2 N–H and O–H groups in total. The first-order valence-corrected chi connectivity index (χ1v) is 6.42. The maximum absolute atomic E-state index is 11.2. The van der Waals surface area contributed by atoms with Gasteiger partial charge in [0.2, 0.25) is 10.0 Å². The van der Waals surface area contributed by atoms with E-state index < -0.39 is 16.0 Å². The van der Waals surface area contributed by atoms with Gasteiger partial charge in [0.05, 0.1) is 7.11 Å².